The molecule has 4 nitrogen and oxygen atoms in total. The van der Waals surface area contributed by atoms with Gasteiger partial charge in [-0.1, -0.05) is 6.92 Å². The van der Waals surface area contributed by atoms with Crippen molar-refractivity contribution in [1.82, 2.24) is 4.98 Å². The summed E-state index contributed by atoms with van der Waals surface area (Å²) in [6, 6.07) is 5.45. The van der Waals surface area contributed by atoms with E-state index in [0.717, 1.165) is 30.2 Å². The van der Waals surface area contributed by atoms with E-state index in [1.165, 1.54) is 0 Å². The Morgan fingerprint density at radius 3 is 2.95 bits per heavy atom. The van der Waals surface area contributed by atoms with Crippen LogP contribution in [0.1, 0.15) is 29.4 Å². The van der Waals surface area contributed by atoms with Gasteiger partial charge in [-0.05, 0) is 36.9 Å². The van der Waals surface area contributed by atoms with Crippen molar-refractivity contribution < 1.29 is 4.79 Å². The molecule has 2 N–H and O–H groups in total. The highest BCUT2D eigenvalue weighted by atomic mass is 32.1. The van der Waals surface area contributed by atoms with Crippen LogP contribution in [0, 0.1) is 6.92 Å². The van der Waals surface area contributed by atoms with Crippen molar-refractivity contribution >= 4 is 28.7 Å². The minimum Gasteiger partial charge on any atom is -0.370 e. The van der Waals surface area contributed by atoms with Gasteiger partial charge in [-0.3, -0.25) is 4.79 Å². The highest BCUT2D eigenvalue weighted by molar-refractivity contribution is 7.08. The predicted molar refractivity (Wildman–Crippen MR) is 80.0 cm³/mol. The molecule has 0 spiro atoms. The van der Waals surface area contributed by atoms with Gasteiger partial charge in [-0.25, -0.2) is 4.98 Å². The zero-order chi connectivity index (χ0) is 13.7. The lowest BCUT2D eigenvalue weighted by atomic mass is 10.2. The van der Waals surface area contributed by atoms with Gasteiger partial charge in [-0.2, -0.15) is 11.3 Å². The molecule has 1 amide bonds. The standard InChI is InChI=1S/C14H17N3OS/c1-3-5-15-13-8-11(7-10(2)16-13)14(18)17-12-4-6-19-9-12/h4,6-9H,3,5H2,1-2H3,(H,15,16)(H,17,18). The molecule has 0 aromatic carbocycles. The number of anilines is 2. The van der Waals surface area contributed by atoms with Crippen molar-refractivity contribution in [2.45, 2.75) is 20.3 Å². The van der Waals surface area contributed by atoms with Crippen LogP contribution in [0.25, 0.3) is 0 Å². The van der Waals surface area contributed by atoms with Gasteiger partial charge >= 0.3 is 0 Å². The quantitative estimate of drug-likeness (QED) is 0.877. The summed E-state index contributed by atoms with van der Waals surface area (Å²) in [5.41, 5.74) is 2.28. The molecule has 0 aliphatic heterocycles. The number of hydrogen-bond donors (Lipinski definition) is 2. The third kappa shape index (κ3) is 3.79. The Morgan fingerprint density at radius 1 is 1.42 bits per heavy atom. The summed E-state index contributed by atoms with van der Waals surface area (Å²) < 4.78 is 0. The first-order valence-electron chi connectivity index (χ1n) is 6.25. The van der Waals surface area contributed by atoms with Crippen molar-refractivity contribution in [2.24, 2.45) is 0 Å². The molecule has 0 aliphatic carbocycles. The Bertz CT molecular complexity index is 552. The summed E-state index contributed by atoms with van der Waals surface area (Å²) in [5, 5.41) is 9.90. The van der Waals surface area contributed by atoms with E-state index in [2.05, 4.69) is 22.5 Å². The van der Waals surface area contributed by atoms with Crippen LogP contribution in [0.3, 0.4) is 0 Å². The fourth-order valence-electron chi connectivity index (χ4n) is 1.68. The number of rotatable bonds is 5. The molecule has 19 heavy (non-hydrogen) atoms. The zero-order valence-corrected chi connectivity index (χ0v) is 11.9. The minimum atomic E-state index is -0.108. The number of aryl methyl sites for hydroxylation is 1. The molecule has 100 valence electrons. The zero-order valence-electron chi connectivity index (χ0n) is 11.1. The molecule has 0 bridgehead atoms. The van der Waals surface area contributed by atoms with Crippen molar-refractivity contribution in [3.63, 3.8) is 0 Å². The fraction of sp³-hybridized carbons (Fsp3) is 0.286. The maximum Gasteiger partial charge on any atom is 0.255 e. The molecule has 2 heterocycles. The van der Waals surface area contributed by atoms with Gasteiger partial charge in [-0.15, -0.1) is 0 Å². The van der Waals surface area contributed by atoms with Gasteiger partial charge in [0.2, 0.25) is 0 Å². The average Bonchev–Trinajstić information content (AvgIpc) is 2.88. The second-order valence-electron chi connectivity index (χ2n) is 4.28. The van der Waals surface area contributed by atoms with E-state index in [1.54, 1.807) is 23.5 Å². The van der Waals surface area contributed by atoms with E-state index < -0.39 is 0 Å². The van der Waals surface area contributed by atoms with Gasteiger partial charge in [0.25, 0.3) is 5.91 Å². The molecule has 2 rings (SSSR count). The van der Waals surface area contributed by atoms with E-state index in [9.17, 15) is 4.79 Å². The Balaban J connectivity index is 2.14. The molecule has 0 atom stereocenters. The first kappa shape index (κ1) is 13.5. The third-order valence-corrected chi connectivity index (χ3v) is 3.23. The molecule has 5 heteroatoms. The largest absolute Gasteiger partial charge is 0.370 e. The highest BCUT2D eigenvalue weighted by Crippen LogP contribution is 2.15. The Hall–Kier alpha value is -1.88. The Morgan fingerprint density at radius 2 is 2.26 bits per heavy atom. The topological polar surface area (TPSA) is 54.0 Å². The van der Waals surface area contributed by atoms with Crippen LogP contribution in [-0.4, -0.2) is 17.4 Å². The van der Waals surface area contributed by atoms with E-state index in [1.807, 2.05) is 23.8 Å². The van der Waals surface area contributed by atoms with Gasteiger partial charge in [0.05, 0.1) is 5.69 Å². The lowest BCUT2D eigenvalue weighted by Gasteiger charge is -2.08. The number of amides is 1. The predicted octanol–water partition coefficient (Wildman–Crippen LogP) is 3.53. The fourth-order valence-corrected chi connectivity index (χ4v) is 2.27. The van der Waals surface area contributed by atoms with Crippen molar-refractivity contribution in [1.29, 1.82) is 0 Å². The van der Waals surface area contributed by atoms with Gasteiger partial charge < -0.3 is 10.6 Å². The monoisotopic (exact) mass is 275 g/mol. The molecule has 2 aromatic heterocycles. The van der Waals surface area contributed by atoms with Gasteiger partial charge in [0.1, 0.15) is 5.82 Å². The van der Waals surface area contributed by atoms with Crippen molar-refractivity contribution in [3.8, 4) is 0 Å². The van der Waals surface area contributed by atoms with Gasteiger partial charge in [0, 0.05) is 23.2 Å². The summed E-state index contributed by atoms with van der Waals surface area (Å²) in [7, 11) is 0. The number of thiophene rings is 1. The lowest BCUT2D eigenvalue weighted by Crippen LogP contribution is -2.13. The van der Waals surface area contributed by atoms with Crippen LogP contribution < -0.4 is 10.6 Å². The second kappa shape index (κ2) is 6.33. The number of aromatic nitrogens is 1. The normalized spacial score (nSPS) is 10.2. The summed E-state index contributed by atoms with van der Waals surface area (Å²) in [4.78, 5) is 16.5. The number of nitrogens with one attached hydrogen (secondary N) is 2. The molecular formula is C14H17N3OS. The van der Waals surface area contributed by atoms with Crippen LogP contribution in [0.5, 0.6) is 0 Å². The Labute approximate surface area is 116 Å². The van der Waals surface area contributed by atoms with E-state index >= 15 is 0 Å². The number of hydrogen-bond acceptors (Lipinski definition) is 4. The number of pyridine rings is 1. The van der Waals surface area contributed by atoms with E-state index in [0.29, 0.717) is 5.56 Å². The molecule has 0 radical (unpaired) electrons. The number of nitrogens with zero attached hydrogens (tertiary/aromatic N) is 1. The summed E-state index contributed by atoms with van der Waals surface area (Å²) in [6.07, 6.45) is 1.02. The third-order valence-electron chi connectivity index (χ3n) is 2.55. The summed E-state index contributed by atoms with van der Waals surface area (Å²) >= 11 is 1.55. The maximum absolute atomic E-state index is 12.1. The maximum atomic E-state index is 12.1. The first-order chi connectivity index (χ1) is 9.19. The van der Waals surface area contributed by atoms with Crippen LogP contribution in [-0.2, 0) is 0 Å². The summed E-state index contributed by atoms with van der Waals surface area (Å²) in [5.74, 6) is 0.640. The smallest absolute Gasteiger partial charge is 0.255 e. The Kier molecular flexibility index (Phi) is 4.52. The van der Waals surface area contributed by atoms with Crippen molar-refractivity contribution in [2.75, 3.05) is 17.2 Å². The van der Waals surface area contributed by atoms with E-state index in [-0.39, 0.29) is 5.91 Å². The molecular weight excluding hydrogens is 258 g/mol. The van der Waals surface area contributed by atoms with Gasteiger partial charge in [0.15, 0.2) is 0 Å². The molecule has 0 unspecified atom stereocenters. The summed E-state index contributed by atoms with van der Waals surface area (Å²) in [6.45, 7) is 4.83. The average molecular weight is 275 g/mol. The number of carbonyl (C=O) groups excluding carboxylic acids is 1. The molecule has 0 saturated carbocycles. The van der Waals surface area contributed by atoms with E-state index in [4.69, 9.17) is 0 Å². The SMILES string of the molecule is CCCNc1cc(C(=O)Nc2ccsc2)cc(C)n1. The first-order valence-corrected chi connectivity index (χ1v) is 7.19. The van der Waals surface area contributed by atoms with Crippen molar-refractivity contribution in [3.05, 3.63) is 40.2 Å². The van der Waals surface area contributed by atoms with Crippen LogP contribution in [0.15, 0.2) is 29.0 Å². The molecule has 2 aromatic rings. The second-order valence-corrected chi connectivity index (χ2v) is 5.06. The van der Waals surface area contributed by atoms with Crippen LogP contribution >= 0.6 is 11.3 Å². The minimum absolute atomic E-state index is 0.108. The number of carbonyl (C=O) groups is 1. The van der Waals surface area contributed by atoms with Crippen LogP contribution in [0.4, 0.5) is 11.5 Å². The molecule has 0 aliphatic rings. The molecule has 0 fully saturated rings. The van der Waals surface area contributed by atoms with Crippen LogP contribution in [0.2, 0.25) is 0 Å². The highest BCUT2D eigenvalue weighted by Gasteiger charge is 2.09. The molecule has 0 saturated heterocycles. The lowest BCUT2D eigenvalue weighted by molar-refractivity contribution is 0.102.